The predicted octanol–water partition coefficient (Wildman–Crippen LogP) is 2.89. The number of ether oxygens (including phenoxy) is 2. The fourth-order valence-electron chi connectivity index (χ4n) is 4.92. The van der Waals surface area contributed by atoms with Gasteiger partial charge in [0.2, 0.25) is 11.9 Å². The van der Waals surface area contributed by atoms with Crippen LogP contribution in [0.5, 0.6) is 0 Å². The summed E-state index contributed by atoms with van der Waals surface area (Å²) in [5, 5.41) is 3.12. The number of morpholine rings is 1. The van der Waals surface area contributed by atoms with Crippen LogP contribution in [0.4, 0.5) is 20.5 Å². The van der Waals surface area contributed by atoms with E-state index in [-0.39, 0.29) is 17.7 Å². The lowest BCUT2D eigenvalue weighted by Gasteiger charge is -2.29. The number of hydrogen-bond donors (Lipinski definition) is 1. The molecule has 5 rings (SSSR count). The second-order valence-corrected chi connectivity index (χ2v) is 9.36. The van der Waals surface area contributed by atoms with Crippen molar-refractivity contribution in [3.63, 3.8) is 0 Å². The Balaban J connectivity index is 1.49. The van der Waals surface area contributed by atoms with Crippen molar-refractivity contribution in [2.24, 2.45) is 5.92 Å². The number of methoxy groups -OCH3 is 1. The van der Waals surface area contributed by atoms with Crippen molar-refractivity contribution < 1.29 is 23.0 Å². The predicted molar refractivity (Wildman–Crippen MR) is 134 cm³/mol. The number of nitrogens with one attached hydrogen (secondary N) is 1. The second kappa shape index (κ2) is 10.9. The first-order valence-corrected chi connectivity index (χ1v) is 12.5. The van der Waals surface area contributed by atoms with E-state index in [1.807, 2.05) is 9.80 Å². The number of amides is 1. The molecule has 2 atom stereocenters. The first kappa shape index (κ1) is 25.3. The maximum atomic E-state index is 14.1. The molecular weight excluding hydrogens is 484 g/mol. The lowest BCUT2D eigenvalue weighted by molar-refractivity contribution is -0.130. The molecule has 4 heterocycles. The molecule has 12 heteroatoms. The van der Waals surface area contributed by atoms with Gasteiger partial charge in [0.05, 0.1) is 30.9 Å². The second-order valence-electron chi connectivity index (χ2n) is 9.36. The first-order valence-electron chi connectivity index (χ1n) is 12.5. The Morgan fingerprint density at radius 2 is 1.92 bits per heavy atom. The van der Waals surface area contributed by atoms with E-state index in [4.69, 9.17) is 9.47 Å². The van der Waals surface area contributed by atoms with Crippen molar-refractivity contribution in [3.8, 4) is 5.82 Å². The monoisotopic (exact) mass is 515 g/mol. The molecule has 10 nitrogen and oxygen atoms in total. The summed E-state index contributed by atoms with van der Waals surface area (Å²) in [7, 11) is 1.66. The van der Waals surface area contributed by atoms with Gasteiger partial charge in [-0.05, 0) is 25.5 Å². The normalized spacial score (nSPS) is 19.1. The highest BCUT2D eigenvalue weighted by atomic mass is 19.3. The average Bonchev–Trinajstić information content (AvgIpc) is 3.54. The third kappa shape index (κ3) is 5.35. The van der Waals surface area contributed by atoms with Gasteiger partial charge >= 0.3 is 0 Å². The lowest BCUT2D eigenvalue weighted by atomic mass is 10.1. The van der Waals surface area contributed by atoms with Gasteiger partial charge in [0.25, 0.3) is 6.43 Å². The van der Waals surface area contributed by atoms with Crippen LogP contribution in [0.1, 0.15) is 25.6 Å². The first-order chi connectivity index (χ1) is 17.9. The smallest absolute Gasteiger partial charge is 0.296 e. The third-order valence-electron chi connectivity index (χ3n) is 6.76. The van der Waals surface area contributed by atoms with Crippen molar-refractivity contribution in [2.45, 2.75) is 25.8 Å². The van der Waals surface area contributed by atoms with Crippen LogP contribution >= 0.6 is 0 Å². The van der Waals surface area contributed by atoms with E-state index in [1.165, 1.54) is 4.57 Å². The summed E-state index contributed by atoms with van der Waals surface area (Å²) in [5.74, 6) is 0.853. The van der Waals surface area contributed by atoms with E-state index >= 15 is 0 Å². The molecular formula is C25H31F2N7O3. The van der Waals surface area contributed by atoms with Gasteiger partial charge in [-0.15, -0.1) is 0 Å². The van der Waals surface area contributed by atoms with Crippen LogP contribution in [0.3, 0.4) is 0 Å². The molecule has 2 aromatic heterocycles. The fraction of sp³-hybridized carbons (Fsp3) is 0.520. The molecule has 1 N–H and O–H groups in total. The molecule has 2 aliphatic rings. The van der Waals surface area contributed by atoms with Crippen LogP contribution in [-0.2, 0) is 14.3 Å². The van der Waals surface area contributed by atoms with E-state index in [0.29, 0.717) is 68.8 Å². The number of carbonyl (C=O) groups is 1. The van der Waals surface area contributed by atoms with Gasteiger partial charge in [0.1, 0.15) is 17.7 Å². The number of nitrogens with zero attached hydrogens (tertiary/aromatic N) is 6. The van der Waals surface area contributed by atoms with E-state index in [9.17, 15) is 13.6 Å². The molecule has 0 saturated carbocycles. The Morgan fingerprint density at radius 3 is 2.68 bits per heavy atom. The van der Waals surface area contributed by atoms with Gasteiger partial charge in [0.15, 0.2) is 5.82 Å². The molecule has 198 valence electrons. The van der Waals surface area contributed by atoms with Gasteiger partial charge in [0, 0.05) is 45.3 Å². The van der Waals surface area contributed by atoms with Crippen molar-refractivity contribution in [2.75, 3.05) is 63.3 Å². The zero-order valence-electron chi connectivity index (χ0n) is 20.9. The summed E-state index contributed by atoms with van der Waals surface area (Å²) >= 11 is 0. The zero-order valence-corrected chi connectivity index (χ0v) is 20.9. The number of halogens is 2. The van der Waals surface area contributed by atoms with E-state index < -0.39 is 18.3 Å². The quantitative estimate of drug-likeness (QED) is 0.489. The Kier molecular flexibility index (Phi) is 7.47. The minimum Gasteiger partial charge on any atom is -0.384 e. The fourth-order valence-corrected chi connectivity index (χ4v) is 4.92. The zero-order chi connectivity index (χ0) is 25.9. The van der Waals surface area contributed by atoms with Crippen molar-refractivity contribution in [3.05, 3.63) is 36.2 Å². The number of rotatable bonds is 8. The highest BCUT2D eigenvalue weighted by Gasteiger charge is 2.30. The molecule has 0 radical (unpaired) electrons. The summed E-state index contributed by atoms with van der Waals surface area (Å²) < 4.78 is 40.2. The Labute approximate surface area is 213 Å². The van der Waals surface area contributed by atoms with Crippen LogP contribution in [0, 0.1) is 5.92 Å². The average molecular weight is 516 g/mol. The Bertz CT molecular complexity index is 1250. The van der Waals surface area contributed by atoms with Gasteiger partial charge in [-0.3, -0.25) is 9.36 Å². The number of carbonyl (C=O) groups excluding carboxylic acids is 1. The van der Waals surface area contributed by atoms with Crippen molar-refractivity contribution >= 4 is 28.7 Å². The van der Waals surface area contributed by atoms with Crippen molar-refractivity contribution in [1.82, 2.24) is 24.4 Å². The summed E-state index contributed by atoms with van der Waals surface area (Å²) in [6, 6.07) is 8.01. The summed E-state index contributed by atoms with van der Waals surface area (Å²) in [6.07, 6.45) is -1.91. The van der Waals surface area contributed by atoms with Gasteiger partial charge in [-0.1, -0.05) is 12.1 Å². The summed E-state index contributed by atoms with van der Waals surface area (Å²) in [5.41, 5.74) is 0.961. The molecule has 37 heavy (non-hydrogen) atoms. The molecule has 2 fully saturated rings. The topological polar surface area (TPSA) is 97.6 Å². The van der Waals surface area contributed by atoms with Crippen LogP contribution in [0.25, 0.3) is 16.9 Å². The molecule has 0 spiro atoms. The SMILES string of the molecule is COCC1CCN(C(=O)[C@H](C)Nc2nc(N3CCOCC3)cc(-n3c(C(F)F)nc4ccccc43)n2)C1. The Morgan fingerprint density at radius 1 is 1.16 bits per heavy atom. The van der Waals surface area contributed by atoms with Gasteiger partial charge < -0.3 is 24.6 Å². The third-order valence-corrected chi connectivity index (χ3v) is 6.76. The maximum Gasteiger partial charge on any atom is 0.296 e. The van der Waals surface area contributed by atoms with Crippen LogP contribution in [0.15, 0.2) is 30.3 Å². The van der Waals surface area contributed by atoms with Gasteiger partial charge in [-0.2, -0.15) is 9.97 Å². The molecule has 3 aromatic rings. The lowest BCUT2D eigenvalue weighted by Crippen LogP contribution is -2.41. The summed E-state index contributed by atoms with van der Waals surface area (Å²) in [6.45, 7) is 5.94. The number of fused-ring (bicyclic) bond motifs is 1. The van der Waals surface area contributed by atoms with Crippen molar-refractivity contribution in [1.29, 1.82) is 0 Å². The number of imidazole rings is 1. The molecule has 1 aromatic carbocycles. The number of likely N-dealkylation sites (tertiary alicyclic amines) is 1. The number of para-hydroxylation sites is 2. The van der Waals surface area contributed by atoms with Crippen LogP contribution in [-0.4, -0.2) is 89.5 Å². The highest BCUT2D eigenvalue weighted by molar-refractivity contribution is 5.84. The Hall–Kier alpha value is -3.38. The maximum absolute atomic E-state index is 14.1. The molecule has 1 amide bonds. The number of alkyl halides is 2. The number of benzene rings is 1. The summed E-state index contributed by atoms with van der Waals surface area (Å²) in [4.78, 5) is 30.4. The van der Waals surface area contributed by atoms with E-state index in [0.717, 1.165) is 6.42 Å². The van der Waals surface area contributed by atoms with Crippen LogP contribution in [0.2, 0.25) is 0 Å². The minimum absolute atomic E-state index is 0.0677. The van der Waals surface area contributed by atoms with Gasteiger partial charge in [-0.25, -0.2) is 13.8 Å². The molecule has 2 saturated heterocycles. The highest BCUT2D eigenvalue weighted by Crippen LogP contribution is 2.29. The van der Waals surface area contributed by atoms with Crippen LogP contribution < -0.4 is 10.2 Å². The molecule has 0 aliphatic carbocycles. The minimum atomic E-state index is -2.80. The molecule has 1 unspecified atom stereocenters. The number of hydrogen-bond acceptors (Lipinski definition) is 8. The number of anilines is 2. The largest absolute Gasteiger partial charge is 0.384 e. The van der Waals surface area contributed by atoms with E-state index in [1.54, 1.807) is 44.4 Å². The molecule has 2 aliphatic heterocycles. The molecule has 0 bridgehead atoms. The van der Waals surface area contributed by atoms with E-state index in [2.05, 4.69) is 20.3 Å². The standard InChI is InChI=1S/C25H31F2N7O3/c1-16(24(35)33-8-7-17(14-33)15-36-2)28-25-30-20(32-9-11-37-12-10-32)13-21(31-25)34-19-6-4-3-5-18(19)29-23(34)22(26)27/h3-6,13,16-17,22H,7-12,14-15H2,1-2H3,(H,28,30,31)/t16-,17?/m0/s1. The number of aromatic nitrogens is 4.